The van der Waals surface area contributed by atoms with Crippen molar-refractivity contribution in [2.24, 2.45) is 0 Å². The molecule has 1 N–H and O–H groups in total. The fourth-order valence-electron chi connectivity index (χ4n) is 0.724. The third-order valence-electron chi connectivity index (χ3n) is 1.27. The molecule has 0 unspecified atom stereocenters. The SMILES string of the molecule is CC(F)(F)CCCCCO. The molecule has 1 nitrogen and oxygen atoms in total. The molecule has 3 heteroatoms. The average Bonchev–Trinajstić information content (AvgIpc) is 1.78. The summed E-state index contributed by atoms with van der Waals surface area (Å²) < 4.78 is 24.2. The second kappa shape index (κ2) is 4.61. The van der Waals surface area contributed by atoms with Gasteiger partial charge in [-0.3, -0.25) is 0 Å². The van der Waals surface area contributed by atoms with Gasteiger partial charge in [0.25, 0.3) is 0 Å². The van der Waals surface area contributed by atoms with Gasteiger partial charge in [-0.2, -0.15) is 0 Å². The molecular formula is C7H14F2O. The summed E-state index contributed by atoms with van der Waals surface area (Å²) in [7, 11) is 0. The van der Waals surface area contributed by atoms with Gasteiger partial charge >= 0.3 is 0 Å². The molecule has 0 bridgehead atoms. The predicted molar refractivity (Wildman–Crippen MR) is 36.2 cm³/mol. The Labute approximate surface area is 60.1 Å². The van der Waals surface area contributed by atoms with Crippen molar-refractivity contribution in [3.05, 3.63) is 0 Å². The molecule has 0 atom stereocenters. The number of aliphatic hydroxyl groups excluding tert-OH is 1. The van der Waals surface area contributed by atoms with Crippen molar-refractivity contribution < 1.29 is 13.9 Å². The number of unbranched alkanes of at least 4 members (excludes halogenated alkanes) is 2. The first-order chi connectivity index (χ1) is 4.56. The molecule has 0 aromatic heterocycles. The lowest BCUT2D eigenvalue weighted by Crippen LogP contribution is -2.08. The summed E-state index contributed by atoms with van der Waals surface area (Å²) in [6.45, 7) is 1.03. The van der Waals surface area contributed by atoms with E-state index in [-0.39, 0.29) is 13.0 Å². The number of alkyl halides is 2. The molecule has 0 saturated heterocycles. The molecule has 0 aromatic carbocycles. The molecule has 0 aliphatic carbocycles. The van der Waals surface area contributed by atoms with Gasteiger partial charge in [-0.1, -0.05) is 6.42 Å². The first kappa shape index (κ1) is 9.82. The van der Waals surface area contributed by atoms with Gasteiger partial charge in [0.1, 0.15) is 0 Å². The number of hydrogen-bond donors (Lipinski definition) is 1. The van der Waals surface area contributed by atoms with Gasteiger partial charge in [-0.15, -0.1) is 0 Å². The zero-order valence-electron chi connectivity index (χ0n) is 6.24. The Kier molecular flexibility index (Phi) is 4.52. The lowest BCUT2D eigenvalue weighted by atomic mass is 10.1. The molecule has 0 saturated carbocycles. The maximum atomic E-state index is 12.1. The summed E-state index contributed by atoms with van der Waals surface area (Å²) in [5.74, 6) is -2.53. The van der Waals surface area contributed by atoms with Crippen molar-refractivity contribution in [1.29, 1.82) is 0 Å². The molecule has 62 valence electrons. The van der Waals surface area contributed by atoms with Crippen LogP contribution in [0.4, 0.5) is 8.78 Å². The lowest BCUT2D eigenvalue weighted by Gasteiger charge is -2.08. The molecule has 0 spiro atoms. The van der Waals surface area contributed by atoms with E-state index < -0.39 is 5.92 Å². The number of halogens is 2. The van der Waals surface area contributed by atoms with E-state index in [1.807, 2.05) is 0 Å². The smallest absolute Gasteiger partial charge is 0.245 e. The molecule has 0 aromatic rings. The van der Waals surface area contributed by atoms with Crippen LogP contribution in [0.15, 0.2) is 0 Å². The zero-order chi connectivity index (χ0) is 8.04. The highest BCUT2D eigenvalue weighted by Gasteiger charge is 2.19. The van der Waals surface area contributed by atoms with Crippen LogP contribution in [0.3, 0.4) is 0 Å². The van der Waals surface area contributed by atoms with Crippen LogP contribution in [0.25, 0.3) is 0 Å². The van der Waals surface area contributed by atoms with Crippen LogP contribution in [0.2, 0.25) is 0 Å². The number of rotatable bonds is 5. The van der Waals surface area contributed by atoms with Gasteiger partial charge in [0.05, 0.1) is 0 Å². The van der Waals surface area contributed by atoms with Crippen LogP contribution in [-0.2, 0) is 0 Å². The van der Waals surface area contributed by atoms with Gasteiger partial charge in [0, 0.05) is 13.0 Å². The second-order valence-corrected chi connectivity index (χ2v) is 2.60. The van der Waals surface area contributed by atoms with Gasteiger partial charge < -0.3 is 5.11 Å². The van der Waals surface area contributed by atoms with Gasteiger partial charge in [0.15, 0.2) is 0 Å². The van der Waals surface area contributed by atoms with Crippen molar-refractivity contribution in [3.8, 4) is 0 Å². The summed E-state index contributed by atoms with van der Waals surface area (Å²) in [6, 6.07) is 0. The highest BCUT2D eigenvalue weighted by Crippen LogP contribution is 2.19. The van der Waals surface area contributed by atoms with E-state index in [0.29, 0.717) is 19.3 Å². The molecule has 0 radical (unpaired) electrons. The van der Waals surface area contributed by atoms with E-state index in [9.17, 15) is 8.78 Å². The molecule has 0 amide bonds. The largest absolute Gasteiger partial charge is 0.396 e. The Morgan fingerprint density at radius 1 is 1.20 bits per heavy atom. The van der Waals surface area contributed by atoms with Gasteiger partial charge in [0.2, 0.25) is 5.92 Å². The van der Waals surface area contributed by atoms with Gasteiger partial charge in [-0.05, 0) is 19.8 Å². The summed E-state index contributed by atoms with van der Waals surface area (Å²) >= 11 is 0. The minimum absolute atomic E-state index is 0.0625. The van der Waals surface area contributed by atoms with Crippen molar-refractivity contribution in [1.82, 2.24) is 0 Å². The molecule has 0 rings (SSSR count). The van der Waals surface area contributed by atoms with E-state index in [4.69, 9.17) is 5.11 Å². The summed E-state index contributed by atoms with van der Waals surface area (Å²) in [4.78, 5) is 0. The minimum Gasteiger partial charge on any atom is -0.396 e. The molecule has 0 fully saturated rings. The Balaban J connectivity index is 3.04. The summed E-state index contributed by atoms with van der Waals surface area (Å²) in [6.07, 6.45) is 1.77. The van der Waals surface area contributed by atoms with Crippen LogP contribution >= 0.6 is 0 Å². The van der Waals surface area contributed by atoms with Crippen molar-refractivity contribution in [3.63, 3.8) is 0 Å². The van der Waals surface area contributed by atoms with E-state index in [0.717, 1.165) is 6.92 Å². The zero-order valence-corrected chi connectivity index (χ0v) is 6.24. The summed E-state index contributed by atoms with van der Waals surface area (Å²) in [5, 5.41) is 8.31. The van der Waals surface area contributed by atoms with E-state index in [2.05, 4.69) is 0 Å². The Hall–Kier alpha value is -0.180. The maximum absolute atomic E-state index is 12.1. The Bertz CT molecular complexity index is 78.2. The van der Waals surface area contributed by atoms with Gasteiger partial charge in [-0.25, -0.2) is 8.78 Å². The quantitative estimate of drug-likeness (QED) is 0.599. The third-order valence-corrected chi connectivity index (χ3v) is 1.27. The predicted octanol–water partition coefficient (Wildman–Crippen LogP) is 2.19. The standard InChI is InChI=1S/C7H14F2O/c1-7(8,9)5-3-2-4-6-10/h10H,2-6H2,1H3. The van der Waals surface area contributed by atoms with Crippen LogP contribution in [0, 0.1) is 0 Å². The highest BCUT2D eigenvalue weighted by atomic mass is 19.3. The van der Waals surface area contributed by atoms with Crippen LogP contribution < -0.4 is 0 Å². The average molecular weight is 152 g/mol. The second-order valence-electron chi connectivity index (χ2n) is 2.60. The number of aliphatic hydroxyl groups is 1. The van der Waals surface area contributed by atoms with E-state index >= 15 is 0 Å². The first-order valence-corrected chi connectivity index (χ1v) is 3.55. The monoisotopic (exact) mass is 152 g/mol. The topological polar surface area (TPSA) is 20.2 Å². The van der Waals surface area contributed by atoms with Crippen molar-refractivity contribution in [2.75, 3.05) is 6.61 Å². The fourth-order valence-corrected chi connectivity index (χ4v) is 0.724. The molecule has 0 aliphatic rings. The lowest BCUT2D eigenvalue weighted by molar-refractivity contribution is 0.0101. The highest BCUT2D eigenvalue weighted by molar-refractivity contribution is 4.57. The van der Waals surface area contributed by atoms with Crippen LogP contribution in [0.1, 0.15) is 32.6 Å². The fraction of sp³-hybridized carbons (Fsp3) is 1.00. The minimum atomic E-state index is -2.53. The Morgan fingerprint density at radius 3 is 2.20 bits per heavy atom. The van der Waals surface area contributed by atoms with Crippen LogP contribution in [-0.4, -0.2) is 17.6 Å². The molecule has 0 aliphatic heterocycles. The van der Waals surface area contributed by atoms with Crippen molar-refractivity contribution in [2.45, 2.75) is 38.5 Å². The third kappa shape index (κ3) is 7.82. The van der Waals surface area contributed by atoms with Crippen LogP contribution in [0.5, 0.6) is 0 Å². The Morgan fingerprint density at radius 2 is 1.80 bits per heavy atom. The molecule has 10 heavy (non-hydrogen) atoms. The molecular weight excluding hydrogens is 138 g/mol. The van der Waals surface area contributed by atoms with E-state index in [1.165, 1.54) is 0 Å². The normalized spacial score (nSPS) is 12.0. The summed E-state index contributed by atoms with van der Waals surface area (Å²) in [5.41, 5.74) is 0. The number of hydrogen-bond acceptors (Lipinski definition) is 1. The van der Waals surface area contributed by atoms with E-state index in [1.54, 1.807) is 0 Å². The molecule has 0 heterocycles. The van der Waals surface area contributed by atoms with Crippen molar-refractivity contribution >= 4 is 0 Å². The maximum Gasteiger partial charge on any atom is 0.245 e. The first-order valence-electron chi connectivity index (χ1n) is 3.55.